The molecule has 0 spiro atoms. The maximum atomic E-state index is 13.7. The fourth-order valence-electron chi connectivity index (χ4n) is 24.4. The van der Waals surface area contributed by atoms with Gasteiger partial charge in [0.1, 0.15) is 6.04 Å². The summed E-state index contributed by atoms with van der Waals surface area (Å²) in [6, 6.07) is 46.8. The predicted molar refractivity (Wildman–Crippen MR) is 582 cm³/mol. The van der Waals surface area contributed by atoms with Crippen molar-refractivity contribution in [2.45, 2.75) is 253 Å². The first-order valence-corrected chi connectivity index (χ1v) is 54.0. The molecule has 8 aliphatic rings. The third-order valence-electron chi connectivity index (χ3n) is 32.9. The molecule has 29 heteroatoms. The summed E-state index contributed by atoms with van der Waals surface area (Å²) >= 11 is 0. The second-order valence-corrected chi connectivity index (χ2v) is 42.6. The Balaban J connectivity index is 0.000000135. The van der Waals surface area contributed by atoms with Gasteiger partial charge in [0.05, 0.1) is 53.7 Å². The number of rotatable bonds is 28. The van der Waals surface area contributed by atoms with Crippen molar-refractivity contribution in [3.05, 3.63) is 286 Å². The van der Waals surface area contributed by atoms with Crippen LogP contribution in [0.15, 0.2) is 213 Å². The summed E-state index contributed by atoms with van der Waals surface area (Å²) < 4.78 is 32.4. The summed E-state index contributed by atoms with van der Waals surface area (Å²) in [4.78, 5) is 135. The van der Waals surface area contributed by atoms with Crippen LogP contribution in [0.2, 0.25) is 0 Å². The minimum atomic E-state index is -0.930. The Morgan fingerprint density at radius 2 is 0.765 bits per heavy atom. The van der Waals surface area contributed by atoms with Gasteiger partial charge < -0.3 is 82.7 Å². The number of para-hydroxylation sites is 1. The summed E-state index contributed by atoms with van der Waals surface area (Å²) in [5.74, 6) is -0.359. The van der Waals surface area contributed by atoms with E-state index >= 15 is 0 Å². The second kappa shape index (κ2) is 51.1. The van der Waals surface area contributed by atoms with Gasteiger partial charge in [-0.15, -0.1) is 0 Å². The Morgan fingerprint density at radius 3 is 1.21 bits per heavy atom. The summed E-state index contributed by atoms with van der Waals surface area (Å²) in [6.07, 6.45) is 49.0. The number of likely N-dealkylation sites (tertiary alicyclic amines) is 4. The molecular weight excluding hydrogens is 1880 g/mol. The van der Waals surface area contributed by atoms with Gasteiger partial charge in [0, 0.05) is 166 Å². The van der Waals surface area contributed by atoms with E-state index in [1.165, 1.54) is 81.9 Å². The minimum absolute atomic E-state index is 0.0194. The zero-order valence-corrected chi connectivity index (χ0v) is 86.3. The predicted octanol–water partition coefficient (Wildman–Crippen LogP) is 18.0. The number of aromatic nitrogens is 7. The van der Waals surface area contributed by atoms with Crippen molar-refractivity contribution in [2.75, 3.05) is 59.5 Å². The first-order chi connectivity index (χ1) is 72.4. The van der Waals surface area contributed by atoms with E-state index in [-0.39, 0.29) is 119 Å². The Bertz CT molecular complexity index is 6600. The molecule has 14 N–H and O–H groups in total. The van der Waals surface area contributed by atoms with Crippen molar-refractivity contribution >= 4 is 109 Å². The average molecular weight is 2020 g/mol. The number of hydrogen-bond acceptors (Lipinski definition) is 16. The molecule has 4 saturated heterocycles. The highest BCUT2D eigenvalue weighted by atomic mass is 19.2. The number of hydrogen-bond donors (Lipinski definition) is 11. The molecule has 0 radical (unpaired) electrons. The Kier molecular flexibility index (Phi) is 36.6. The number of nitrogens with two attached hydrogens (primary N) is 3. The molecule has 0 bridgehead atoms. The van der Waals surface area contributed by atoms with E-state index in [4.69, 9.17) is 21.9 Å². The SMILES string of the molecule is COC(=O)C(NC1CCC(c2c[nH]c3ccccc23)CC1)C1CCN(C(=O)/C=C/c2cc(C)c(F)c(F)c2)CC1.Cc1ccc(/C=C/C(=O)N2CCC(C(NC3CCC(c4c[nH]c5ccncc45)CC3)C(N)=O)CC2)cc1.Cc1cccc(CC(=O)N2CCC(C(NC3CCC(c4c[nH]c5cccnc45)CC3)C(N)=O)CC2)c1.NC(=O)C(NC1CCC(c2c[nH]c3cccnc23)CC1)C1CCN(C(=O)/C=C/c2ccccc2)CC1. The Morgan fingerprint density at radius 1 is 0.383 bits per heavy atom. The van der Waals surface area contributed by atoms with Gasteiger partial charge >= 0.3 is 5.97 Å². The largest absolute Gasteiger partial charge is 0.468 e. The molecule has 4 aliphatic carbocycles. The van der Waals surface area contributed by atoms with Crippen LogP contribution in [0.25, 0.3) is 62.1 Å². The third kappa shape index (κ3) is 27.7. The standard InChI is InChI=1S/C32H37F2N3O3.C30H37N5O2.C29H37N5O2.C29H35N5O2/c1-20-17-21(18-27(33)30(20)34)7-12-29(38)37-15-13-23(14-16-37)31(32(39)40-2)36-24-10-8-22(9-11-24)26-19-35-28-6-4-3-5-25(26)28;1-20-2-4-21(5-3-20)6-11-28(36)35-16-13-23(14-17-35)29(30(31)37)34-24-9-7-22(8-10-24)25-19-33-27-12-15-32-18-26(25)27;1-19-4-2-5-20(16-19)17-26(35)34-14-11-22(12-15-34)27(29(30)36)33-23-9-7-21(8-10-23)24-18-32-25-6-3-13-31-28(24)25;30-29(36)27(22-14-17-34(18-15-22)26(35)13-8-20-5-2-1-3-6-20)33-23-11-9-21(10-12-23)24-19-32-25-7-4-16-31-28(24)25/h3-7,12,17-19,22-24,31,35-36H,8-11,13-16H2,1-2H3;2-6,11-12,15,18-19,22-24,29,33-34H,7-10,13-14,16-17H2,1H3,(H2,31,37);2-6,13,16,18,21-23,27,32-33H,7-12,14-15,17H2,1H3,(H2,30,36);1-8,13,16,19,21-23,27,32-33H,9-12,14-15,17-18H2,(H2,30,36)/b12-7+;11-6+;;13-8+. The first-order valence-electron chi connectivity index (χ1n) is 54.0. The van der Waals surface area contributed by atoms with Gasteiger partial charge in [-0.25, -0.2) is 8.78 Å². The zero-order valence-electron chi connectivity index (χ0n) is 86.3. The number of halogens is 2. The van der Waals surface area contributed by atoms with Crippen LogP contribution in [0.3, 0.4) is 0 Å². The number of primary amides is 3. The zero-order chi connectivity index (χ0) is 104. The van der Waals surface area contributed by atoms with Crippen LogP contribution in [0.5, 0.6) is 0 Å². The molecule has 149 heavy (non-hydrogen) atoms. The molecule has 8 fully saturated rings. The number of benzene rings is 5. The molecule has 4 atom stereocenters. The lowest BCUT2D eigenvalue weighted by atomic mass is 9.80. The van der Waals surface area contributed by atoms with Crippen LogP contribution >= 0.6 is 0 Å². The molecule has 4 unspecified atom stereocenters. The lowest BCUT2D eigenvalue weighted by Gasteiger charge is -2.38. The van der Waals surface area contributed by atoms with Crippen LogP contribution in [0, 0.1) is 56.1 Å². The molecule has 12 aromatic rings. The number of carbonyl (C=O) groups is 8. The number of carbonyl (C=O) groups excluding carboxylic acids is 8. The summed E-state index contributed by atoms with van der Waals surface area (Å²) in [5.41, 5.74) is 35.6. The number of pyridine rings is 3. The van der Waals surface area contributed by atoms with E-state index in [9.17, 15) is 47.1 Å². The van der Waals surface area contributed by atoms with E-state index in [1.807, 2.05) is 163 Å². The summed E-state index contributed by atoms with van der Waals surface area (Å²) in [5, 5.41) is 17.0. The molecule has 27 nitrogen and oxygen atoms in total. The average Bonchev–Trinajstić information content (AvgIpc) is 1.69. The van der Waals surface area contributed by atoms with E-state index in [1.54, 1.807) is 17.1 Å². The van der Waals surface area contributed by atoms with Gasteiger partial charge in [0.15, 0.2) is 11.6 Å². The number of H-pyrrole nitrogens is 4. The minimum Gasteiger partial charge on any atom is -0.468 e. The monoisotopic (exact) mass is 2020 g/mol. The van der Waals surface area contributed by atoms with Gasteiger partial charge in [0.2, 0.25) is 41.4 Å². The topological polar surface area (TPSA) is 387 Å². The summed E-state index contributed by atoms with van der Waals surface area (Å²) in [7, 11) is 1.42. The molecule has 7 amide bonds. The number of aryl methyl sites for hydroxylation is 3. The fourth-order valence-corrected chi connectivity index (χ4v) is 24.4. The molecule has 4 saturated carbocycles. The van der Waals surface area contributed by atoms with Gasteiger partial charge in [0.25, 0.3) is 0 Å². The van der Waals surface area contributed by atoms with Gasteiger partial charge in [-0.1, -0.05) is 108 Å². The fraction of sp³-hybridized carbons (Fsp3) is 0.442. The number of piperidine rings is 4. The maximum absolute atomic E-state index is 13.7. The lowest BCUT2D eigenvalue weighted by Crippen LogP contribution is -2.54. The molecule has 4 aliphatic heterocycles. The Hall–Kier alpha value is -13.6. The highest BCUT2D eigenvalue weighted by Gasteiger charge is 2.41. The van der Waals surface area contributed by atoms with Crippen LogP contribution in [-0.2, 0) is 49.5 Å². The van der Waals surface area contributed by atoms with Crippen molar-refractivity contribution in [3.8, 4) is 0 Å². The van der Waals surface area contributed by atoms with Crippen molar-refractivity contribution in [1.29, 1.82) is 0 Å². The molecular formula is C120H146F2N18O9. The second-order valence-electron chi connectivity index (χ2n) is 42.6. The maximum Gasteiger partial charge on any atom is 0.323 e. The third-order valence-corrected chi connectivity index (χ3v) is 32.9. The van der Waals surface area contributed by atoms with Crippen molar-refractivity contribution in [1.82, 2.24) is 75.8 Å². The smallest absolute Gasteiger partial charge is 0.323 e. The van der Waals surface area contributed by atoms with Crippen molar-refractivity contribution < 1.29 is 51.9 Å². The molecule has 20 rings (SSSR count). The van der Waals surface area contributed by atoms with E-state index in [2.05, 4.69) is 117 Å². The number of nitrogens with one attached hydrogen (secondary N) is 8. The first kappa shape index (κ1) is 107. The number of fused-ring (bicyclic) bond motifs is 4. The Labute approximate surface area is 871 Å². The normalized spacial score (nSPS) is 21.8. The van der Waals surface area contributed by atoms with Crippen LogP contribution in [0.1, 0.15) is 239 Å². The van der Waals surface area contributed by atoms with Crippen LogP contribution in [0.4, 0.5) is 8.78 Å². The number of esters is 1. The van der Waals surface area contributed by atoms with E-state index in [0.29, 0.717) is 101 Å². The molecule has 5 aromatic carbocycles. The van der Waals surface area contributed by atoms with Crippen LogP contribution < -0.4 is 38.5 Å². The molecule has 7 aromatic heterocycles. The number of methoxy groups -OCH3 is 1. The van der Waals surface area contributed by atoms with Crippen molar-refractivity contribution in [3.63, 3.8) is 0 Å². The quantitative estimate of drug-likeness (QED) is 0.0160. The molecule has 784 valence electrons. The van der Waals surface area contributed by atoms with Crippen LogP contribution in [-0.4, -0.2) is 210 Å². The highest BCUT2D eigenvalue weighted by molar-refractivity contribution is 5.94. The molecule has 11 heterocycles. The highest BCUT2D eigenvalue weighted by Crippen LogP contribution is 2.43. The van der Waals surface area contributed by atoms with E-state index < -0.39 is 17.7 Å². The number of amides is 7. The van der Waals surface area contributed by atoms with E-state index in [0.717, 1.165) is 192 Å². The number of ether oxygens (including phenoxy) is 1. The van der Waals surface area contributed by atoms with Gasteiger partial charge in [-0.3, -0.25) is 53.3 Å². The van der Waals surface area contributed by atoms with Crippen molar-refractivity contribution in [2.24, 2.45) is 40.9 Å². The van der Waals surface area contributed by atoms with Gasteiger partial charge in [-0.2, -0.15) is 0 Å². The number of aromatic amines is 4. The number of nitrogens with zero attached hydrogens (tertiary/aromatic N) is 7. The van der Waals surface area contributed by atoms with Gasteiger partial charge in [-0.05, 0) is 339 Å². The lowest BCUT2D eigenvalue weighted by molar-refractivity contribution is -0.146. The summed E-state index contributed by atoms with van der Waals surface area (Å²) in [6.45, 7) is 10.6.